The fourth-order valence-corrected chi connectivity index (χ4v) is 2.46. The van der Waals surface area contributed by atoms with Gasteiger partial charge in [0.15, 0.2) is 11.6 Å². The SMILES string of the molecule is COc1cccc(Cn2cc(CO)c3cccnc32)c1F. The third kappa shape index (κ3) is 2.36. The highest BCUT2D eigenvalue weighted by molar-refractivity contribution is 5.80. The predicted octanol–water partition coefficient (Wildman–Crippen LogP) is 2.72. The number of hydrogen-bond acceptors (Lipinski definition) is 3. The van der Waals surface area contributed by atoms with Crippen LogP contribution in [-0.4, -0.2) is 21.8 Å². The summed E-state index contributed by atoms with van der Waals surface area (Å²) in [5, 5.41) is 10.3. The van der Waals surface area contributed by atoms with Crippen molar-refractivity contribution < 1.29 is 14.2 Å². The summed E-state index contributed by atoms with van der Waals surface area (Å²) in [4.78, 5) is 4.32. The molecule has 2 heterocycles. The van der Waals surface area contributed by atoms with Gasteiger partial charge in [-0.15, -0.1) is 0 Å². The van der Waals surface area contributed by atoms with Crippen molar-refractivity contribution in [2.24, 2.45) is 0 Å². The molecule has 2 aromatic heterocycles. The second kappa shape index (κ2) is 5.54. The molecule has 0 bridgehead atoms. The van der Waals surface area contributed by atoms with Gasteiger partial charge in [0, 0.05) is 28.9 Å². The number of nitrogens with zero attached hydrogens (tertiary/aromatic N) is 2. The Morgan fingerprint density at radius 3 is 2.86 bits per heavy atom. The molecule has 108 valence electrons. The summed E-state index contributed by atoms with van der Waals surface area (Å²) < 4.78 is 21.1. The van der Waals surface area contributed by atoms with Crippen molar-refractivity contribution in [3.05, 3.63) is 59.7 Å². The van der Waals surface area contributed by atoms with Crippen molar-refractivity contribution in [3.63, 3.8) is 0 Å². The molecule has 21 heavy (non-hydrogen) atoms. The lowest BCUT2D eigenvalue weighted by Gasteiger charge is -2.09. The molecule has 0 saturated carbocycles. The van der Waals surface area contributed by atoms with Crippen molar-refractivity contribution in [3.8, 4) is 5.75 Å². The van der Waals surface area contributed by atoms with Crippen LogP contribution >= 0.6 is 0 Å². The molecule has 0 unspecified atom stereocenters. The number of benzene rings is 1. The number of aliphatic hydroxyl groups excluding tert-OH is 1. The Morgan fingerprint density at radius 1 is 1.24 bits per heavy atom. The summed E-state index contributed by atoms with van der Waals surface area (Å²) >= 11 is 0. The zero-order valence-corrected chi connectivity index (χ0v) is 11.6. The molecular weight excluding hydrogens is 271 g/mol. The second-order valence-electron chi connectivity index (χ2n) is 4.75. The summed E-state index contributed by atoms with van der Waals surface area (Å²) in [6.45, 7) is 0.256. The zero-order chi connectivity index (χ0) is 14.8. The highest BCUT2D eigenvalue weighted by Gasteiger charge is 2.12. The third-order valence-corrected chi connectivity index (χ3v) is 3.49. The van der Waals surface area contributed by atoms with Gasteiger partial charge >= 0.3 is 0 Å². The molecule has 0 spiro atoms. The molecular formula is C16H15FN2O2. The largest absolute Gasteiger partial charge is 0.494 e. The summed E-state index contributed by atoms with van der Waals surface area (Å²) in [6.07, 6.45) is 3.48. The van der Waals surface area contributed by atoms with E-state index in [1.54, 1.807) is 30.6 Å². The maximum Gasteiger partial charge on any atom is 0.170 e. The Kier molecular flexibility index (Phi) is 3.58. The van der Waals surface area contributed by atoms with Gasteiger partial charge in [0.05, 0.1) is 20.3 Å². The normalized spacial score (nSPS) is 11.0. The van der Waals surface area contributed by atoms with Gasteiger partial charge in [-0.1, -0.05) is 12.1 Å². The maximum atomic E-state index is 14.2. The molecule has 0 aliphatic carbocycles. The van der Waals surface area contributed by atoms with Crippen molar-refractivity contribution >= 4 is 11.0 Å². The lowest BCUT2D eigenvalue weighted by atomic mass is 10.2. The van der Waals surface area contributed by atoms with Crippen LogP contribution < -0.4 is 4.74 Å². The molecule has 5 heteroatoms. The minimum atomic E-state index is -0.372. The van der Waals surface area contributed by atoms with Gasteiger partial charge in [0.25, 0.3) is 0 Å². The van der Waals surface area contributed by atoms with Gasteiger partial charge in [0.1, 0.15) is 5.65 Å². The van der Waals surface area contributed by atoms with Gasteiger partial charge < -0.3 is 14.4 Å². The average Bonchev–Trinajstić information content (AvgIpc) is 2.87. The van der Waals surface area contributed by atoms with E-state index in [-0.39, 0.29) is 18.2 Å². The molecule has 0 aliphatic heterocycles. The zero-order valence-electron chi connectivity index (χ0n) is 11.6. The first-order chi connectivity index (χ1) is 10.2. The number of aromatic nitrogens is 2. The monoisotopic (exact) mass is 286 g/mol. The molecule has 3 rings (SSSR count). The van der Waals surface area contributed by atoms with Crippen LogP contribution in [0.2, 0.25) is 0 Å². The van der Waals surface area contributed by atoms with Crippen LogP contribution in [0, 0.1) is 5.82 Å². The number of fused-ring (bicyclic) bond motifs is 1. The van der Waals surface area contributed by atoms with E-state index in [4.69, 9.17) is 4.74 Å². The molecule has 1 N–H and O–H groups in total. The van der Waals surface area contributed by atoms with E-state index in [1.165, 1.54) is 7.11 Å². The van der Waals surface area contributed by atoms with E-state index in [2.05, 4.69) is 4.98 Å². The standard InChI is InChI=1S/C16H15FN2O2/c1-21-14-6-2-4-11(15(14)17)8-19-9-12(10-20)13-5-3-7-18-16(13)19/h2-7,9,20H,8,10H2,1H3. The minimum Gasteiger partial charge on any atom is -0.494 e. The van der Waals surface area contributed by atoms with E-state index in [9.17, 15) is 9.50 Å². The molecule has 1 aromatic carbocycles. The summed E-state index contributed by atoms with van der Waals surface area (Å²) in [7, 11) is 1.44. The third-order valence-electron chi connectivity index (χ3n) is 3.49. The second-order valence-corrected chi connectivity index (χ2v) is 4.75. The van der Waals surface area contributed by atoms with Crippen molar-refractivity contribution in [2.45, 2.75) is 13.2 Å². The van der Waals surface area contributed by atoms with Crippen LogP contribution in [0.1, 0.15) is 11.1 Å². The smallest absolute Gasteiger partial charge is 0.170 e. The van der Waals surface area contributed by atoms with Crippen molar-refractivity contribution in [2.75, 3.05) is 7.11 Å². The van der Waals surface area contributed by atoms with E-state index in [0.717, 1.165) is 16.6 Å². The van der Waals surface area contributed by atoms with Gasteiger partial charge in [-0.2, -0.15) is 0 Å². The number of rotatable bonds is 4. The molecule has 0 amide bonds. The molecule has 0 radical (unpaired) electrons. The first-order valence-corrected chi connectivity index (χ1v) is 6.59. The number of methoxy groups -OCH3 is 1. The van der Waals surface area contributed by atoms with E-state index in [0.29, 0.717) is 12.1 Å². The quantitative estimate of drug-likeness (QED) is 0.802. The highest BCUT2D eigenvalue weighted by Crippen LogP contribution is 2.24. The van der Waals surface area contributed by atoms with Crippen LogP contribution in [0.5, 0.6) is 5.75 Å². The molecule has 0 aliphatic rings. The Labute approximate surface area is 121 Å². The van der Waals surface area contributed by atoms with Crippen molar-refractivity contribution in [1.29, 1.82) is 0 Å². The summed E-state index contributed by atoms with van der Waals surface area (Å²) in [6, 6.07) is 8.77. The van der Waals surface area contributed by atoms with Crippen LogP contribution in [0.3, 0.4) is 0 Å². The first-order valence-electron chi connectivity index (χ1n) is 6.59. The number of hydrogen-bond donors (Lipinski definition) is 1. The first kappa shape index (κ1) is 13.6. The fourth-order valence-electron chi connectivity index (χ4n) is 2.46. The topological polar surface area (TPSA) is 47.3 Å². The van der Waals surface area contributed by atoms with Gasteiger partial charge in [0.2, 0.25) is 0 Å². The van der Waals surface area contributed by atoms with Gasteiger partial charge in [-0.25, -0.2) is 9.37 Å². The Balaban J connectivity index is 2.06. The lowest BCUT2D eigenvalue weighted by molar-refractivity contribution is 0.283. The molecule has 3 aromatic rings. The number of ether oxygens (including phenoxy) is 1. The molecule has 0 saturated heterocycles. The number of pyridine rings is 1. The van der Waals surface area contributed by atoms with E-state index < -0.39 is 0 Å². The fraction of sp³-hybridized carbons (Fsp3) is 0.188. The maximum absolute atomic E-state index is 14.2. The summed E-state index contributed by atoms with van der Waals surface area (Å²) in [5.74, 6) is -0.150. The van der Waals surface area contributed by atoms with Crippen LogP contribution in [0.25, 0.3) is 11.0 Å². The predicted molar refractivity (Wildman–Crippen MR) is 77.7 cm³/mol. The van der Waals surface area contributed by atoms with E-state index >= 15 is 0 Å². The summed E-state index contributed by atoms with van der Waals surface area (Å²) in [5.41, 5.74) is 2.02. The molecule has 4 nitrogen and oxygen atoms in total. The molecule has 0 fully saturated rings. The minimum absolute atomic E-state index is 0.0736. The molecule has 0 atom stereocenters. The van der Waals surface area contributed by atoms with Gasteiger partial charge in [-0.05, 0) is 18.2 Å². The van der Waals surface area contributed by atoms with Gasteiger partial charge in [-0.3, -0.25) is 0 Å². The number of aliphatic hydroxyl groups is 1. The average molecular weight is 286 g/mol. The number of halogens is 1. The van der Waals surface area contributed by atoms with Crippen LogP contribution in [-0.2, 0) is 13.2 Å². The van der Waals surface area contributed by atoms with Crippen LogP contribution in [0.4, 0.5) is 4.39 Å². The highest BCUT2D eigenvalue weighted by atomic mass is 19.1. The Hall–Kier alpha value is -2.40. The van der Waals surface area contributed by atoms with Crippen molar-refractivity contribution in [1.82, 2.24) is 9.55 Å². The Bertz CT molecular complexity index is 783. The Morgan fingerprint density at radius 2 is 2.10 bits per heavy atom. The van der Waals surface area contributed by atoms with E-state index in [1.807, 2.05) is 16.7 Å². The lowest BCUT2D eigenvalue weighted by Crippen LogP contribution is -2.02. The van der Waals surface area contributed by atoms with Crippen LogP contribution in [0.15, 0.2) is 42.7 Å².